The van der Waals surface area contributed by atoms with Crippen molar-refractivity contribution in [1.29, 1.82) is 0 Å². The van der Waals surface area contributed by atoms with Gasteiger partial charge in [-0.3, -0.25) is 9.69 Å². The molecule has 3 saturated heterocycles. The molecule has 4 unspecified atom stereocenters. The predicted molar refractivity (Wildman–Crippen MR) is 82.2 cm³/mol. The Kier molecular flexibility index (Phi) is 4.82. The lowest BCUT2D eigenvalue weighted by Crippen LogP contribution is -2.51. The van der Waals surface area contributed by atoms with E-state index in [1.54, 1.807) is 0 Å². The number of carbonyl (C=O) groups is 1. The van der Waals surface area contributed by atoms with Crippen LogP contribution in [0, 0.1) is 5.92 Å². The maximum atomic E-state index is 12.7. The van der Waals surface area contributed by atoms with Crippen molar-refractivity contribution >= 4 is 5.91 Å². The van der Waals surface area contributed by atoms with Crippen molar-refractivity contribution in [2.24, 2.45) is 5.92 Å². The van der Waals surface area contributed by atoms with Gasteiger partial charge in [0.15, 0.2) is 0 Å². The number of morpholine rings is 1. The van der Waals surface area contributed by atoms with Gasteiger partial charge >= 0.3 is 0 Å². The van der Waals surface area contributed by atoms with Crippen molar-refractivity contribution in [1.82, 2.24) is 15.1 Å². The van der Waals surface area contributed by atoms with Crippen molar-refractivity contribution in [2.45, 2.75) is 51.4 Å². The first kappa shape index (κ1) is 15.3. The smallest absolute Gasteiger partial charge is 0.227 e. The molecule has 0 bridgehead atoms. The van der Waals surface area contributed by atoms with Crippen LogP contribution in [0.4, 0.5) is 0 Å². The first-order valence-electron chi connectivity index (χ1n) is 8.52. The van der Waals surface area contributed by atoms with Crippen molar-refractivity contribution in [3.63, 3.8) is 0 Å². The number of nitrogens with one attached hydrogen (secondary N) is 1. The Labute approximate surface area is 128 Å². The molecule has 0 aromatic heterocycles. The molecular weight excluding hydrogens is 266 g/mol. The third-order valence-corrected chi connectivity index (χ3v) is 5.03. The van der Waals surface area contributed by atoms with E-state index in [1.165, 1.54) is 0 Å². The molecule has 0 aromatic rings. The van der Waals surface area contributed by atoms with Crippen LogP contribution in [0.1, 0.15) is 33.1 Å². The van der Waals surface area contributed by atoms with E-state index in [0.717, 1.165) is 58.5 Å². The molecular formula is C16H29N3O2. The van der Waals surface area contributed by atoms with Crippen LogP contribution in [0.5, 0.6) is 0 Å². The topological polar surface area (TPSA) is 44.8 Å². The lowest BCUT2D eigenvalue weighted by molar-refractivity contribution is -0.136. The highest BCUT2D eigenvalue weighted by molar-refractivity contribution is 5.80. The molecule has 3 aliphatic rings. The van der Waals surface area contributed by atoms with Gasteiger partial charge in [-0.25, -0.2) is 0 Å². The largest absolute Gasteiger partial charge is 0.373 e. The Bertz CT molecular complexity index is 361. The van der Waals surface area contributed by atoms with Gasteiger partial charge in [-0.1, -0.05) is 0 Å². The van der Waals surface area contributed by atoms with Gasteiger partial charge in [0.25, 0.3) is 0 Å². The fourth-order valence-electron chi connectivity index (χ4n) is 4.15. The van der Waals surface area contributed by atoms with Crippen LogP contribution in [0.15, 0.2) is 0 Å². The van der Waals surface area contributed by atoms with Crippen molar-refractivity contribution in [3.05, 3.63) is 0 Å². The van der Waals surface area contributed by atoms with Crippen LogP contribution in [-0.4, -0.2) is 73.2 Å². The van der Waals surface area contributed by atoms with Gasteiger partial charge in [-0.2, -0.15) is 0 Å². The fourth-order valence-corrected chi connectivity index (χ4v) is 4.15. The zero-order valence-corrected chi connectivity index (χ0v) is 13.4. The monoisotopic (exact) mass is 295 g/mol. The molecule has 120 valence electrons. The van der Waals surface area contributed by atoms with Crippen LogP contribution < -0.4 is 5.32 Å². The van der Waals surface area contributed by atoms with Gasteiger partial charge in [0.05, 0.1) is 18.1 Å². The molecule has 1 amide bonds. The zero-order valence-electron chi connectivity index (χ0n) is 13.4. The summed E-state index contributed by atoms with van der Waals surface area (Å²) < 4.78 is 5.81. The summed E-state index contributed by atoms with van der Waals surface area (Å²) in [7, 11) is 0. The molecule has 21 heavy (non-hydrogen) atoms. The van der Waals surface area contributed by atoms with E-state index in [0.29, 0.717) is 24.2 Å². The Morgan fingerprint density at radius 1 is 1.24 bits per heavy atom. The lowest BCUT2D eigenvalue weighted by Gasteiger charge is -2.38. The molecule has 3 rings (SSSR count). The molecule has 1 N–H and O–H groups in total. The summed E-state index contributed by atoms with van der Waals surface area (Å²) >= 11 is 0. The van der Waals surface area contributed by atoms with Gasteiger partial charge < -0.3 is 15.0 Å². The standard InChI is InChI=1S/C16H29N3O2/c1-12-9-18(10-13(2)21-12)11-15-4-3-7-19(15)16(20)14-5-6-17-8-14/h12-15,17H,3-11H2,1-2H3. The molecule has 4 atom stereocenters. The molecule has 0 aliphatic carbocycles. The molecule has 5 nitrogen and oxygen atoms in total. The first-order chi connectivity index (χ1) is 10.1. The SMILES string of the molecule is CC1CN(CC2CCCN2C(=O)C2CCNC2)CC(C)O1. The summed E-state index contributed by atoms with van der Waals surface area (Å²) in [6.07, 6.45) is 3.93. The predicted octanol–water partition coefficient (Wildman–Crippen LogP) is 0.696. The number of nitrogens with zero attached hydrogens (tertiary/aromatic N) is 2. The first-order valence-corrected chi connectivity index (χ1v) is 8.52. The highest BCUT2D eigenvalue weighted by Gasteiger charge is 2.36. The van der Waals surface area contributed by atoms with Gasteiger partial charge in [-0.05, 0) is 39.7 Å². The van der Waals surface area contributed by atoms with E-state index < -0.39 is 0 Å². The van der Waals surface area contributed by atoms with E-state index >= 15 is 0 Å². The van der Waals surface area contributed by atoms with E-state index in [-0.39, 0.29) is 5.92 Å². The number of ether oxygens (including phenoxy) is 1. The normalized spacial score (nSPS) is 38.1. The summed E-state index contributed by atoms with van der Waals surface area (Å²) in [5.41, 5.74) is 0. The van der Waals surface area contributed by atoms with Crippen LogP contribution in [0.2, 0.25) is 0 Å². The second kappa shape index (κ2) is 6.63. The Hall–Kier alpha value is -0.650. The van der Waals surface area contributed by atoms with E-state index in [9.17, 15) is 4.79 Å². The number of amides is 1. The van der Waals surface area contributed by atoms with Crippen molar-refractivity contribution in [2.75, 3.05) is 39.3 Å². The quantitative estimate of drug-likeness (QED) is 0.832. The summed E-state index contributed by atoms with van der Waals surface area (Å²) in [4.78, 5) is 17.3. The number of hydrogen-bond donors (Lipinski definition) is 1. The van der Waals surface area contributed by atoms with Crippen LogP contribution in [0.3, 0.4) is 0 Å². The molecule has 3 fully saturated rings. The number of hydrogen-bond acceptors (Lipinski definition) is 4. The van der Waals surface area contributed by atoms with Crippen LogP contribution in [0.25, 0.3) is 0 Å². The van der Waals surface area contributed by atoms with Gasteiger partial charge in [0.1, 0.15) is 0 Å². The Morgan fingerprint density at radius 3 is 2.67 bits per heavy atom. The minimum Gasteiger partial charge on any atom is -0.373 e. The van der Waals surface area contributed by atoms with E-state index in [4.69, 9.17) is 4.74 Å². The molecule has 3 heterocycles. The average molecular weight is 295 g/mol. The zero-order chi connectivity index (χ0) is 14.8. The maximum Gasteiger partial charge on any atom is 0.227 e. The van der Waals surface area contributed by atoms with Crippen LogP contribution in [-0.2, 0) is 9.53 Å². The second-order valence-corrected chi connectivity index (χ2v) is 6.99. The molecule has 0 spiro atoms. The molecule has 0 radical (unpaired) electrons. The lowest BCUT2D eigenvalue weighted by atomic mass is 10.1. The Balaban J connectivity index is 1.57. The third-order valence-electron chi connectivity index (χ3n) is 5.03. The highest BCUT2D eigenvalue weighted by Crippen LogP contribution is 2.24. The summed E-state index contributed by atoms with van der Waals surface area (Å²) in [6, 6.07) is 0.413. The van der Waals surface area contributed by atoms with Crippen molar-refractivity contribution in [3.8, 4) is 0 Å². The average Bonchev–Trinajstić information content (AvgIpc) is 3.07. The van der Waals surface area contributed by atoms with Crippen LogP contribution >= 0.6 is 0 Å². The maximum absolute atomic E-state index is 12.7. The fraction of sp³-hybridized carbons (Fsp3) is 0.938. The summed E-state index contributed by atoms with van der Waals surface area (Å²) in [5, 5.41) is 3.31. The molecule has 3 aliphatic heterocycles. The molecule has 5 heteroatoms. The van der Waals surface area contributed by atoms with E-state index in [1.807, 2.05) is 0 Å². The second-order valence-electron chi connectivity index (χ2n) is 6.99. The third kappa shape index (κ3) is 3.58. The minimum atomic E-state index is 0.216. The summed E-state index contributed by atoms with van der Waals surface area (Å²) in [6.45, 7) is 10.1. The molecule has 0 saturated carbocycles. The molecule has 0 aromatic carbocycles. The minimum absolute atomic E-state index is 0.216. The van der Waals surface area contributed by atoms with E-state index in [2.05, 4.69) is 29.0 Å². The van der Waals surface area contributed by atoms with Gasteiger partial charge in [-0.15, -0.1) is 0 Å². The van der Waals surface area contributed by atoms with Gasteiger partial charge in [0, 0.05) is 38.8 Å². The number of carbonyl (C=O) groups excluding carboxylic acids is 1. The summed E-state index contributed by atoms with van der Waals surface area (Å²) in [5.74, 6) is 0.602. The van der Waals surface area contributed by atoms with Gasteiger partial charge in [0.2, 0.25) is 5.91 Å². The highest BCUT2D eigenvalue weighted by atomic mass is 16.5. The number of rotatable bonds is 3. The number of likely N-dealkylation sites (tertiary alicyclic amines) is 1. The van der Waals surface area contributed by atoms with Crippen molar-refractivity contribution < 1.29 is 9.53 Å². The Morgan fingerprint density at radius 2 is 2.00 bits per heavy atom.